The minimum absolute atomic E-state index is 0.286. The Hall–Kier alpha value is -1.12. The molecule has 3 aromatic rings. The molecule has 0 saturated heterocycles. The summed E-state index contributed by atoms with van der Waals surface area (Å²) in [4.78, 5) is 1.72. The van der Waals surface area contributed by atoms with E-state index in [2.05, 4.69) is 76.8 Å². The van der Waals surface area contributed by atoms with Gasteiger partial charge in [-0.25, -0.2) is 0 Å². The molecule has 0 aliphatic heterocycles. The first kappa shape index (κ1) is 12.9. The van der Waals surface area contributed by atoms with Gasteiger partial charge in [0.2, 0.25) is 0 Å². The zero-order valence-corrected chi connectivity index (χ0v) is 13.2. The maximum atomic E-state index is 3.90. The predicted molar refractivity (Wildman–Crippen MR) is 88.4 cm³/mol. The van der Waals surface area contributed by atoms with Gasteiger partial charge in [-0.2, -0.15) is 0 Å². The van der Waals surface area contributed by atoms with E-state index in [1.165, 1.54) is 26.8 Å². The second-order valence-electron chi connectivity index (χ2n) is 4.59. The number of hydrogen-bond acceptors (Lipinski definition) is 1. The third kappa shape index (κ3) is 2.35. The molecule has 1 aromatic heterocycles. The predicted octanol–water partition coefficient (Wildman–Crippen LogP) is 5.95. The van der Waals surface area contributed by atoms with Crippen molar-refractivity contribution in [2.45, 2.75) is 18.2 Å². The highest BCUT2D eigenvalue weighted by atomic mass is 79.9. The summed E-state index contributed by atoms with van der Waals surface area (Å²) in [5.74, 6) is 0. The third-order valence-electron chi connectivity index (χ3n) is 3.49. The van der Waals surface area contributed by atoms with E-state index >= 15 is 0 Å². The van der Waals surface area contributed by atoms with Crippen LogP contribution in [-0.2, 0) is 6.42 Å². The van der Waals surface area contributed by atoms with Crippen molar-refractivity contribution in [2.75, 3.05) is 0 Å². The lowest BCUT2D eigenvalue weighted by Crippen LogP contribution is -1.94. The molecule has 0 saturated carbocycles. The summed E-state index contributed by atoms with van der Waals surface area (Å²) in [5.41, 5.74) is 2.80. The molecule has 2 aromatic carbocycles. The van der Waals surface area contributed by atoms with Crippen LogP contribution >= 0.6 is 27.3 Å². The molecule has 0 radical (unpaired) electrons. The van der Waals surface area contributed by atoms with Crippen LogP contribution in [0.15, 0.2) is 53.9 Å². The van der Waals surface area contributed by atoms with Crippen molar-refractivity contribution in [1.82, 2.24) is 0 Å². The fourth-order valence-corrected chi connectivity index (χ4v) is 4.48. The molecule has 96 valence electrons. The Balaban J connectivity index is 2.14. The molecule has 0 bridgehead atoms. The molecule has 0 spiro atoms. The van der Waals surface area contributed by atoms with Crippen LogP contribution in [0.1, 0.15) is 27.8 Å². The molecular weight excluding hydrogens is 316 g/mol. The van der Waals surface area contributed by atoms with Gasteiger partial charge in [0.1, 0.15) is 0 Å². The van der Waals surface area contributed by atoms with Crippen LogP contribution in [-0.4, -0.2) is 0 Å². The Morgan fingerprint density at radius 3 is 2.68 bits per heavy atom. The number of halogens is 1. The van der Waals surface area contributed by atoms with Crippen LogP contribution in [0.2, 0.25) is 0 Å². The Morgan fingerprint density at radius 1 is 1.05 bits per heavy atom. The van der Waals surface area contributed by atoms with Crippen molar-refractivity contribution in [3.8, 4) is 0 Å². The number of aryl methyl sites for hydroxylation is 1. The molecule has 2 heteroatoms. The average Bonchev–Trinajstić information content (AvgIpc) is 2.94. The summed E-state index contributed by atoms with van der Waals surface area (Å²) >= 11 is 5.74. The molecule has 0 aliphatic carbocycles. The molecule has 19 heavy (non-hydrogen) atoms. The highest BCUT2D eigenvalue weighted by Crippen LogP contribution is 2.39. The summed E-state index contributed by atoms with van der Waals surface area (Å²) in [6.45, 7) is 2.22. The quantitative estimate of drug-likeness (QED) is 0.520. The SMILES string of the molecule is CCc1ccsc1C(Br)c1cccc2ccccc12. The smallest absolute Gasteiger partial charge is 0.0746 e. The normalized spacial score (nSPS) is 12.7. The first-order valence-corrected chi connectivity index (χ1v) is 8.28. The molecule has 0 fully saturated rings. The van der Waals surface area contributed by atoms with Gasteiger partial charge in [0, 0.05) is 4.88 Å². The minimum atomic E-state index is 0.286. The molecule has 0 nitrogen and oxygen atoms in total. The zero-order valence-electron chi connectivity index (χ0n) is 10.8. The Bertz CT molecular complexity index is 694. The molecule has 1 unspecified atom stereocenters. The summed E-state index contributed by atoms with van der Waals surface area (Å²) < 4.78 is 0. The van der Waals surface area contributed by atoms with Crippen molar-refractivity contribution < 1.29 is 0 Å². The van der Waals surface area contributed by atoms with Crippen molar-refractivity contribution >= 4 is 38.0 Å². The largest absolute Gasteiger partial charge is 0.147 e. The number of alkyl halides is 1. The van der Waals surface area contributed by atoms with E-state index < -0.39 is 0 Å². The fourth-order valence-electron chi connectivity index (χ4n) is 2.47. The van der Waals surface area contributed by atoms with Gasteiger partial charge >= 0.3 is 0 Å². The summed E-state index contributed by atoms with van der Waals surface area (Å²) in [5, 5.41) is 4.83. The van der Waals surface area contributed by atoms with Crippen molar-refractivity contribution in [1.29, 1.82) is 0 Å². The second kappa shape index (κ2) is 5.48. The Kier molecular flexibility index (Phi) is 3.72. The van der Waals surface area contributed by atoms with E-state index in [9.17, 15) is 0 Å². The van der Waals surface area contributed by atoms with E-state index in [0.717, 1.165) is 6.42 Å². The maximum absolute atomic E-state index is 3.90. The third-order valence-corrected chi connectivity index (χ3v) is 5.77. The first-order chi connectivity index (χ1) is 9.31. The van der Waals surface area contributed by atoms with Gasteiger partial charge in [-0.1, -0.05) is 65.3 Å². The fraction of sp³-hybridized carbons (Fsp3) is 0.176. The highest BCUT2D eigenvalue weighted by molar-refractivity contribution is 9.09. The topological polar surface area (TPSA) is 0 Å². The van der Waals surface area contributed by atoms with E-state index in [1.807, 2.05) is 11.3 Å². The highest BCUT2D eigenvalue weighted by Gasteiger charge is 2.17. The molecule has 1 heterocycles. The standard InChI is InChI=1S/C17H15BrS/c1-2-12-10-11-19-17(12)16(18)15-9-5-7-13-6-3-4-8-14(13)15/h3-11,16H,2H2,1H3. The summed E-state index contributed by atoms with van der Waals surface area (Å²) in [6, 6.07) is 17.4. The van der Waals surface area contributed by atoms with Crippen molar-refractivity contribution in [2.24, 2.45) is 0 Å². The molecule has 0 N–H and O–H groups in total. The van der Waals surface area contributed by atoms with E-state index in [1.54, 1.807) is 0 Å². The molecule has 0 amide bonds. The van der Waals surface area contributed by atoms with Gasteiger partial charge in [0.15, 0.2) is 0 Å². The van der Waals surface area contributed by atoms with Crippen LogP contribution < -0.4 is 0 Å². The van der Waals surface area contributed by atoms with Crippen molar-refractivity contribution in [3.05, 3.63) is 69.9 Å². The first-order valence-electron chi connectivity index (χ1n) is 6.49. The number of fused-ring (bicyclic) bond motifs is 1. The van der Waals surface area contributed by atoms with Gasteiger partial charge in [-0.05, 0) is 39.8 Å². The lowest BCUT2D eigenvalue weighted by atomic mass is 10.00. The van der Waals surface area contributed by atoms with E-state index in [0.29, 0.717) is 0 Å². The van der Waals surface area contributed by atoms with Crippen LogP contribution in [0.5, 0.6) is 0 Å². The van der Waals surface area contributed by atoms with Crippen LogP contribution in [0.3, 0.4) is 0 Å². The van der Waals surface area contributed by atoms with Gasteiger partial charge in [0.05, 0.1) is 4.83 Å². The number of thiophene rings is 1. The molecule has 3 rings (SSSR count). The van der Waals surface area contributed by atoms with Gasteiger partial charge in [-0.15, -0.1) is 11.3 Å². The van der Waals surface area contributed by atoms with Crippen LogP contribution in [0.4, 0.5) is 0 Å². The van der Waals surface area contributed by atoms with Crippen LogP contribution in [0, 0.1) is 0 Å². The molecular formula is C17H15BrS. The molecule has 0 aliphatic rings. The Labute approximate surface area is 126 Å². The average molecular weight is 331 g/mol. The van der Waals surface area contributed by atoms with E-state index in [-0.39, 0.29) is 4.83 Å². The second-order valence-corrected chi connectivity index (χ2v) is 6.46. The van der Waals surface area contributed by atoms with Gasteiger partial charge in [0.25, 0.3) is 0 Å². The Morgan fingerprint density at radius 2 is 1.84 bits per heavy atom. The number of benzene rings is 2. The lowest BCUT2D eigenvalue weighted by Gasteiger charge is -2.13. The monoisotopic (exact) mass is 330 g/mol. The van der Waals surface area contributed by atoms with Gasteiger partial charge < -0.3 is 0 Å². The lowest BCUT2D eigenvalue weighted by molar-refractivity contribution is 1.10. The van der Waals surface area contributed by atoms with Crippen LogP contribution in [0.25, 0.3) is 10.8 Å². The summed E-state index contributed by atoms with van der Waals surface area (Å²) in [6.07, 6.45) is 1.09. The maximum Gasteiger partial charge on any atom is 0.0746 e. The molecule has 1 atom stereocenters. The summed E-state index contributed by atoms with van der Waals surface area (Å²) in [7, 11) is 0. The zero-order chi connectivity index (χ0) is 13.2. The van der Waals surface area contributed by atoms with E-state index in [4.69, 9.17) is 0 Å². The van der Waals surface area contributed by atoms with Crippen molar-refractivity contribution in [3.63, 3.8) is 0 Å². The number of rotatable bonds is 3. The van der Waals surface area contributed by atoms with Gasteiger partial charge in [-0.3, -0.25) is 0 Å². The number of hydrogen-bond donors (Lipinski definition) is 0. The minimum Gasteiger partial charge on any atom is -0.147 e.